The molecule has 2 heterocycles. The molecule has 2 rings (SSSR count). The maximum absolute atomic E-state index is 5.72. The van der Waals surface area contributed by atoms with Crippen LogP contribution >= 0.6 is 0 Å². The second-order valence-corrected chi connectivity index (χ2v) is 3.71. The van der Waals surface area contributed by atoms with E-state index < -0.39 is 0 Å². The molecule has 1 atom stereocenters. The first kappa shape index (κ1) is 8.75. The monoisotopic (exact) mass is 179 g/mol. The molecule has 3 heteroatoms. The number of imidazole rings is 1. The number of aryl methyl sites for hydroxylation is 2. The molecule has 13 heavy (non-hydrogen) atoms. The normalized spacial score (nSPS) is 21.5. The molecule has 0 spiro atoms. The van der Waals surface area contributed by atoms with Gasteiger partial charge >= 0.3 is 0 Å². The summed E-state index contributed by atoms with van der Waals surface area (Å²) in [5, 5.41) is 0. The van der Waals surface area contributed by atoms with Crippen LogP contribution in [0.1, 0.15) is 37.2 Å². The molecule has 1 aromatic heterocycles. The van der Waals surface area contributed by atoms with Crippen LogP contribution in [0.2, 0.25) is 0 Å². The quantitative estimate of drug-likeness (QED) is 0.743. The number of hydrogen-bond acceptors (Lipinski definition) is 2. The molecule has 0 aliphatic carbocycles. The summed E-state index contributed by atoms with van der Waals surface area (Å²) in [4.78, 5) is 4.60. The van der Waals surface area contributed by atoms with Gasteiger partial charge in [-0.3, -0.25) is 0 Å². The maximum Gasteiger partial charge on any atom is 0.113 e. The summed E-state index contributed by atoms with van der Waals surface area (Å²) in [5.41, 5.74) is 6.92. The molecule has 3 nitrogen and oxygen atoms in total. The lowest BCUT2D eigenvalue weighted by Crippen LogP contribution is -2.21. The van der Waals surface area contributed by atoms with E-state index in [0.29, 0.717) is 5.92 Å². The highest BCUT2D eigenvalue weighted by Gasteiger charge is 2.20. The topological polar surface area (TPSA) is 43.8 Å². The first-order valence-electron chi connectivity index (χ1n) is 5.11. The highest BCUT2D eigenvalue weighted by atomic mass is 15.1. The number of hydrogen-bond donors (Lipinski definition) is 1. The van der Waals surface area contributed by atoms with Crippen molar-refractivity contribution in [2.75, 3.05) is 6.54 Å². The van der Waals surface area contributed by atoms with Crippen molar-refractivity contribution in [3.05, 3.63) is 17.7 Å². The van der Waals surface area contributed by atoms with Gasteiger partial charge in [-0.2, -0.15) is 0 Å². The summed E-state index contributed by atoms with van der Waals surface area (Å²) in [6, 6.07) is 0. The fourth-order valence-corrected chi connectivity index (χ4v) is 2.02. The summed E-state index contributed by atoms with van der Waals surface area (Å²) >= 11 is 0. The van der Waals surface area contributed by atoms with Gasteiger partial charge in [-0.1, -0.05) is 6.92 Å². The standard InChI is InChI=1S/C10H17N3/c1-2-9-7-13-5-3-4-8(6-11)10(13)12-9/h7-8H,2-6,11H2,1H3. The van der Waals surface area contributed by atoms with Gasteiger partial charge in [0.2, 0.25) is 0 Å². The molecule has 1 aliphatic rings. The molecule has 0 bridgehead atoms. The summed E-state index contributed by atoms with van der Waals surface area (Å²) in [6.07, 6.45) is 5.65. The first-order chi connectivity index (χ1) is 6.35. The lowest BCUT2D eigenvalue weighted by atomic mass is 9.99. The van der Waals surface area contributed by atoms with Crippen molar-refractivity contribution in [1.82, 2.24) is 9.55 Å². The summed E-state index contributed by atoms with van der Waals surface area (Å²) < 4.78 is 2.28. The average molecular weight is 179 g/mol. The van der Waals surface area contributed by atoms with Crippen LogP contribution in [0.25, 0.3) is 0 Å². The van der Waals surface area contributed by atoms with E-state index in [2.05, 4.69) is 22.7 Å². The molecule has 0 radical (unpaired) electrons. The number of nitrogens with two attached hydrogens (primary N) is 1. The molecular weight excluding hydrogens is 162 g/mol. The number of nitrogens with zero attached hydrogens (tertiary/aromatic N) is 2. The van der Waals surface area contributed by atoms with Crippen LogP contribution in [0.5, 0.6) is 0 Å². The minimum Gasteiger partial charge on any atom is -0.334 e. The van der Waals surface area contributed by atoms with Gasteiger partial charge in [0.25, 0.3) is 0 Å². The number of aromatic nitrogens is 2. The van der Waals surface area contributed by atoms with Crippen molar-refractivity contribution in [3.8, 4) is 0 Å². The van der Waals surface area contributed by atoms with E-state index in [9.17, 15) is 0 Å². The van der Waals surface area contributed by atoms with Gasteiger partial charge in [-0.25, -0.2) is 4.98 Å². The third kappa shape index (κ3) is 1.48. The van der Waals surface area contributed by atoms with Crippen LogP contribution in [0.4, 0.5) is 0 Å². The Morgan fingerprint density at radius 3 is 3.23 bits per heavy atom. The predicted octanol–water partition coefficient (Wildman–Crippen LogP) is 1.28. The van der Waals surface area contributed by atoms with Gasteiger partial charge < -0.3 is 10.3 Å². The SMILES string of the molecule is CCc1cn2c(n1)C(CN)CCC2. The van der Waals surface area contributed by atoms with E-state index in [1.165, 1.54) is 24.4 Å². The Labute approximate surface area is 79.0 Å². The third-order valence-corrected chi connectivity index (χ3v) is 2.82. The molecule has 1 aliphatic heterocycles. The highest BCUT2D eigenvalue weighted by molar-refractivity contribution is 5.10. The minimum atomic E-state index is 0.494. The molecule has 72 valence electrons. The van der Waals surface area contributed by atoms with Crippen LogP contribution in [-0.4, -0.2) is 16.1 Å². The van der Waals surface area contributed by atoms with Gasteiger partial charge in [0.15, 0.2) is 0 Å². The second kappa shape index (κ2) is 3.50. The fourth-order valence-electron chi connectivity index (χ4n) is 2.02. The molecule has 2 N–H and O–H groups in total. The van der Waals surface area contributed by atoms with E-state index in [0.717, 1.165) is 19.5 Å². The minimum absolute atomic E-state index is 0.494. The molecule has 0 aromatic carbocycles. The van der Waals surface area contributed by atoms with Crippen LogP contribution in [0, 0.1) is 0 Å². The fraction of sp³-hybridized carbons (Fsp3) is 0.700. The molecule has 0 amide bonds. The molecule has 0 saturated heterocycles. The second-order valence-electron chi connectivity index (χ2n) is 3.71. The first-order valence-corrected chi connectivity index (χ1v) is 5.11. The third-order valence-electron chi connectivity index (χ3n) is 2.82. The van der Waals surface area contributed by atoms with E-state index in [1.54, 1.807) is 0 Å². The van der Waals surface area contributed by atoms with Crippen LogP contribution in [0.15, 0.2) is 6.20 Å². The van der Waals surface area contributed by atoms with Crippen molar-refractivity contribution in [2.24, 2.45) is 5.73 Å². The van der Waals surface area contributed by atoms with Gasteiger partial charge in [-0.05, 0) is 19.3 Å². The zero-order chi connectivity index (χ0) is 9.26. The summed E-state index contributed by atoms with van der Waals surface area (Å²) in [7, 11) is 0. The van der Waals surface area contributed by atoms with Gasteiger partial charge in [0.05, 0.1) is 5.69 Å². The van der Waals surface area contributed by atoms with Crippen LogP contribution < -0.4 is 5.73 Å². The van der Waals surface area contributed by atoms with E-state index >= 15 is 0 Å². The predicted molar refractivity (Wildman–Crippen MR) is 52.6 cm³/mol. The Morgan fingerprint density at radius 2 is 2.54 bits per heavy atom. The Balaban J connectivity index is 2.32. The lowest BCUT2D eigenvalue weighted by molar-refractivity contribution is 0.448. The van der Waals surface area contributed by atoms with Crippen molar-refractivity contribution in [3.63, 3.8) is 0 Å². The highest BCUT2D eigenvalue weighted by Crippen LogP contribution is 2.25. The van der Waals surface area contributed by atoms with E-state index in [-0.39, 0.29) is 0 Å². The van der Waals surface area contributed by atoms with Crippen LogP contribution in [-0.2, 0) is 13.0 Å². The van der Waals surface area contributed by atoms with E-state index in [4.69, 9.17) is 5.73 Å². The molecular formula is C10H17N3. The van der Waals surface area contributed by atoms with Gasteiger partial charge in [0.1, 0.15) is 5.82 Å². The largest absolute Gasteiger partial charge is 0.334 e. The molecule has 0 saturated carbocycles. The van der Waals surface area contributed by atoms with Crippen molar-refractivity contribution >= 4 is 0 Å². The van der Waals surface area contributed by atoms with Crippen molar-refractivity contribution in [2.45, 2.75) is 38.6 Å². The lowest BCUT2D eigenvalue weighted by Gasteiger charge is -2.21. The van der Waals surface area contributed by atoms with Crippen molar-refractivity contribution in [1.29, 1.82) is 0 Å². The zero-order valence-corrected chi connectivity index (χ0v) is 8.16. The molecule has 0 fully saturated rings. The van der Waals surface area contributed by atoms with Gasteiger partial charge in [-0.15, -0.1) is 0 Å². The molecule has 1 unspecified atom stereocenters. The van der Waals surface area contributed by atoms with Gasteiger partial charge in [0, 0.05) is 25.2 Å². The zero-order valence-electron chi connectivity index (χ0n) is 8.16. The Bertz CT molecular complexity index is 290. The smallest absolute Gasteiger partial charge is 0.113 e. The Hall–Kier alpha value is -0.830. The summed E-state index contributed by atoms with van der Waals surface area (Å²) in [5.74, 6) is 1.71. The van der Waals surface area contributed by atoms with E-state index in [1.807, 2.05) is 0 Å². The Kier molecular flexibility index (Phi) is 2.36. The van der Waals surface area contributed by atoms with Crippen LogP contribution in [0.3, 0.4) is 0 Å². The molecule has 1 aromatic rings. The number of fused-ring (bicyclic) bond motifs is 1. The maximum atomic E-state index is 5.72. The Morgan fingerprint density at radius 1 is 1.69 bits per heavy atom. The average Bonchev–Trinajstić information content (AvgIpc) is 2.59. The number of rotatable bonds is 2. The summed E-state index contributed by atoms with van der Waals surface area (Å²) in [6.45, 7) is 4.00. The van der Waals surface area contributed by atoms with Crippen molar-refractivity contribution < 1.29 is 0 Å².